The molecule has 74 valence electrons. The van der Waals surface area contributed by atoms with Gasteiger partial charge in [0, 0.05) is 22.9 Å². The number of hydrogen-bond acceptors (Lipinski definition) is 4. The molecule has 0 atom stereocenters. The molecule has 0 bridgehead atoms. The zero-order valence-electron chi connectivity index (χ0n) is 7.99. The first kappa shape index (κ1) is 9.68. The third-order valence-electron chi connectivity index (χ3n) is 1.85. The summed E-state index contributed by atoms with van der Waals surface area (Å²) in [5.74, 6) is 0. The minimum atomic E-state index is 0.997. The molecule has 2 rings (SSSR count). The predicted octanol–water partition coefficient (Wildman–Crippen LogP) is 3.69. The summed E-state index contributed by atoms with van der Waals surface area (Å²) in [7, 11) is 0. The van der Waals surface area contributed by atoms with Gasteiger partial charge in [0.1, 0.15) is 0 Å². The molecule has 0 aromatic carbocycles. The van der Waals surface area contributed by atoms with Crippen molar-refractivity contribution in [2.24, 2.45) is 0 Å². The van der Waals surface area contributed by atoms with Gasteiger partial charge in [-0.3, -0.25) is 0 Å². The largest absolute Gasteiger partial charge is 0.362 e. The molecule has 0 aliphatic heterocycles. The molecule has 2 aromatic heterocycles. The van der Waals surface area contributed by atoms with E-state index in [9.17, 15) is 0 Å². The number of aromatic nitrogens is 1. The third kappa shape index (κ3) is 2.13. The highest BCUT2D eigenvalue weighted by Gasteiger charge is 2.03. The van der Waals surface area contributed by atoms with Gasteiger partial charge >= 0.3 is 0 Å². The van der Waals surface area contributed by atoms with Crippen LogP contribution in [0, 0.1) is 0 Å². The number of anilines is 1. The second-order valence-electron chi connectivity index (χ2n) is 2.98. The quantitative estimate of drug-likeness (QED) is 0.856. The SMILES string of the molecule is CCCNc1nc(-c2ccsc2)cs1. The Kier molecular flexibility index (Phi) is 3.16. The van der Waals surface area contributed by atoms with Gasteiger partial charge in [-0.05, 0) is 17.9 Å². The Hall–Kier alpha value is -0.870. The first-order valence-electron chi connectivity index (χ1n) is 4.62. The fraction of sp³-hybridized carbons (Fsp3) is 0.300. The predicted molar refractivity (Wildman–Crippen MR) is 64.2 cm³/mol. The number of thiophene rings is 1. The van der Waals surface area contributed by atoms with E-state index in [1.165, 1.54) is 5.56 Å². The maximum Gasteiger partial charge on any atom is 0.183 e. The van der Waals surface area contributed by atoms with Crippen LogP contribution >= 0.6 is 22.7 Å². The lowest BCUT2D eigenvalue weighted by atomic mass is 10.3. The fourth-order valence-electron chi connectivity index (χ4n) is 1.13. The Bertz CT molecular complexity index is 378. The van der Waals surface area contributed by atoms with Crippen molar-refractivity contribution < 1.29 is 0 Å². The monoisotopic (exact) mass is 224 g/mol. The lowest BCUT2D eigenvalue weighted by molar-refractivity contribution is 0.976. The summed E-state index contributed by atoms with van der Waals surface area (Å²) < 4.78 is 0. The van der Waals surface area contributed by atoms with Crippen LogP contribution in [-0.4, -0.2) is 11.5 Å². The zero-order chi connectivity index (χ0) is 9.80. The number of nitrogens with zero attached hydrogens (tertiary/aromatic N) is 1. The zero-order valence-corrected chi connectivity index (χ0v) is 9.62. The van der Waals surface area contributed by atoms with Crippen LogP contribution in [0.2, 0.25) is 0 Å². The molecule has 0 aliphatic carbocycles. The molecular formula is C10H12N2S2. The molecule has 0 spiro atoms. The van der Waals surface area contributed by atoms with Crippen molar-refractivity contribution in [3.63, 3.8) is 0 Å². The van der Waals surface area contributed by atoms with E-state index in [4.69, 9.17) is 0 Å². The third-order valence-corrected chi connectivity index (χ3v) is 3.33. The molecule has 2 aromatic rings. The number of thiazole rings is 1. The molecule has 2 nitrogen and oxygen atoms in total. The van der Waals surface area contributed by atoms with Crippen molar-refractivity contribution in [3.8, 4) is 11.3 Å². The average Bonchev–Trinajstić information content (AvgIpc) is 2.85. The van der Waals surface area contributed by atoms with Crippen molar-refractivity contribution in [2.45, 2.75) is 13.3 Å². The number of rotatable bonds is 4. The van der Waals surface area contributed by atoms with Gasteiger partial charge in [-0.15, -0.1) is 11.3 Å². The summed E-state index contributed by atoms with van der Waals surface area (Å²) in [4.78, 5) is 4.50. The van der Waals surface area contributed by atoms with Crippen LogP contribution < -0.4 is 5.32 Å². The van der Waals surface area contributed by atoms with E-state index in [1.807, 2.05) is 0 Å². The minimum Gasteiger partial charge on any atom is -0.362 e. The smallest absolute Gasteiger partial charge is 0.183 e. The summed E-state index contributed by atoms with van der Waals surface area (Å²) in [5.41, 5.74) is 2.30. The first-order chi connectivity index (χ1) is 6.90. The van der Waals surface area contributed by atoms with E-state index in [-0.39, 0.29) is 0 Å². The normalized spacial score (nSPS) is 10.4. The molecule has 0 radical (unpaired) electrons. The molecule has 1 N–H and O–H groups in total. The Balaban J connectivity index is 2.10. The molecule has 0 unspecified atom stereocenters. The van der Waals surface area contributed by atoms with Gasteiger partial charge in [-0.1, -0.05) is 6.92 Å². The highest BCUT2D eigenvalue weighted by molar-refractivity contribution is 7.14. The van der Waals surface area contributed by atoms with Crippen LogP contribution in [0.25, 0.3) is 11.3 Å². The van der Waals surface area contributed by atoms with E-state index in [0.29, 0.717) is 0 Å². The van der Waals surface area contributed by atoms with Crippen LogP contribution in [-0.2, 0) is 0 Å². The average molecular weight is 224 g/mol. The van der Waals surface area contributed by atoms with E-state index in [2.05, 4.69) is 39.4 Å². The van der Waals surface area contributed by atoms with Gasteiger partial charge in [-0.25, -0.2) is 4.98 Å². The molecule has 0 saturated carbocycles. The van der Waals surface area contributed by atoms with Crippen LogP contribution in [0.5, 0.6) is 0 Å². The highest BCUT2D eigenvalue weighted by atomic mass is 32.1. The van der Waals surface area contributed by atoms with Gasteiger partial charge in [0.05, 0.1) is 5.69 Å². The maximum absolute atomic E-state index is 4.50. The second kappa shape index (κ2) is 4.57. The van der Waals surface area contributed by atoms with E-state index < -0.39 is 0 Å². The topological polar surface area (TPSA) is 24.9 Å². The van der Waals surface area contributed by atoms with Gasteiger partial charge in [0.25, 0.3) is 0 Å². The van der Waals surface area contributed by atoms with Crippen molar-refractivity contribution in [2.75, 3.05) is 11.9 Å². The van der Waals surface area contributed by atoms with Crippen molar-refractivity contribution in [1.29, 1.82) is 0 Å². The summed E-state index contributed by atoms with van der Waals surface area (Å²) in [6.45, 7) is 3.15. The van der Waals surface area contributed by atoms with Crippen molar-refractivity contribution in [3.05, 3.63) is 22.2 Å². The molecule has 0 amide bonds. The molecule has 4 heteroatoms. The Labute approximate surface area is 91.6 Å². The molecule has 0 aliphatic rings. The van der Waals surface area contributed by atoms with Gasteiger partial charge in [0.2, 0.25) is 0 Å². The van der Waals surface area contributed by atoms with Gasteiger partial charge in [-0.2, -0.15) is 11.3 Å². The lowest BCUT2D eigenvalue weighted by Gasteiger charge is -1.96. The van der Waals surface area contributed by atoms with E-state index in [0.717, 1.165) is 23.8 Å². The van der Waals surface area contributed by atoms with Crippen molar-refractivity contribution in [1.82, 2.24) is 4.98 Å². The number of nitrogens with one attached hydrogen (secondary N) is 1. The molecular weight excluding hydrogens is 212 g/mol. The van der Waals surface area contributed by atoms with E-state index in [1.54, 1.807) is 22.7 Å². The van der Waals surface area contributed by atoms with Crippen LogP contribution in [0.3, 0.4) is 0 Å². The fourth-order valence-corrected chi connectivity index (χ4v) is 2.53. The van der Waals surface area contributed by atoms with Gasteiger partial charge in [0.15, 0.2) is 5.13 Å². The summed E-state index contributed by atoms with van der Waals surface area (Å²) in [6, 6.07) is 2.10. The maximum atomic E-state index is 4.50. The molecule has 2 heterocycles. The van der Waals surface area contributed by atoms with Crippen molar-refractivity contribution >= 4 is 27.8 Å². The lowest BCUT2D eigenvalue weighted by Crippen LogP contribution is -1.98. The molecule has 14 heavy (non-hydrogen) atoms. The number of hydrogen-bond donors (Lipinski definition) is 1. The van der Waals surface area contributed by atoms with Crippen LogP contribution in [0.1, 0.15) is 13.3 Å². The Morgan fingerprint density at radius 3 is 3.07 bits per heavy atom. The Morgan fingerprint density at radius 2 is 2.36 bits per heavy atom. The summed E-state index contributed by atoms with van der Waals surface area (Å²) in [6.07, 6.45) is 1.13. The summed E-state index contributed by atoms with van der Waals surface area (Å²) in [5, 5.41) is 10.6. The molecule has 0 fully saturated rings. The second-order valence-corrected chi connectivity index (χ2v) is 4.61. The first-order valence-corrected chi connectivity index (χ1v) is 6.44. The Morgan fingerprint density at radius 1 is 1.43 bits per heavy atom. The summed E-state index contributed by atoms with van der Waals surface area (Å²) >= 11 is 3.38. The van der Waals surface area contributed by atoms with E-state index >= 15 is 0 Å². The standard InChI is InChI=1S/C10H12N2S2/c1-2-4-11-10-12-9(7-14-10)8-3-5-13-6-8/h3,5-7H,2,4H2,1H3,(H,11,12). The molecule has 0 saturated heterocycles. The van der Waals surface area contributed by atoms with Crippen LogP contribution in [0.4, 0.5) is 5.13 Å². The minimum absolute atomic E-state index is 0.997. The highest BCUT2D eigenvalue weighted by Crippen LogP contribution is 2.26. The van der Waals surface area contributed by atoms with Gasteiger partial charge < -0.3 is 5.32 Å². The van der Waals surface area contributed by atoms with Crippen LogP contribution in [0.15, 0.2) is 22.2 Å².